The van der Waals surface area contributed by atoms with Gasteiger partial charge in [-0.3, -0.25) is 9.78 Å². The average molecular weight is 269 g/mol. The molecule has 0 amide bonds. The summed E-state index contributed by atoms with van der Waals surface area (Å²) in [7, 11) is 0. The Hall–Kier alpha value is -2.49. The van der Waals surface area contributed by atoms with Gasteiger partial charge >= 0.3 is 5.97 Å². The Kier molecular flexibility index (Phi) is 4.25. The number of benzene rings is 1. The lowest BCUT2D eigenvalue weighted by Crippen LogP contribution is -2.16. The molecule has 0 fully saturated rings. The number of nitrogens with zero attached hydrogens (tertiary/aromatic N) is 1. The van der Waals surface area contributed by atoms with Crippen LogP contribution in [0.4, 0.5) is 0 Å². The third-order valence-corrected chi connectivity index (χ3v) is 2.93. The summed E-state index contributed by atoms with van der Waals surface area (Å²) < 4.78 is 4.78. The monoisotopic (exact) mass is 269 g/mol. The molecule has 0 aliphatic rings. The zero-order valence-electron chi connectivity index (χ0n) is 11.3. The van der Waals surface area contributed by atoms with E-state index in [-0.39, 0.29) is 24.4 Å². The lowest BCUT2D eigenvalue weighted by Gasteiger charge is -2.06. The van der Waals surface area contributed by atoms with Gasteiger partial charge in [-0.25, -0.2) is 4.79 Å². The number of Topliss-reactive ketones (excluding diaryl/α,β-unsaturated/α-hetero) is 1. The van der Waals surface area contributed by atoms with Crippen molar-refractivity contribution in [3.63, 3.8) is 0 Å². The molecule has 1 heterocycles. The Morgan fingerprint density at radius 3 is 2.75 bits per heavy atom. The van der Waals surface area contributed by atoms with Crippen molar-refractivity contribution in [1.82, 2.24) is 4.98 Å². The van der Waals surface area contributed by atoms with E-state index < -0.39 is 5.97 Å². The molecule has 0 saturated carbocycles. The fourth-order valence-corrected chi connectivity index (χ4v) is 1.92. The van der Waals surface area contributed by atoms with Gasteiger partial charge in [0.25, 0.3) is 0 Å². The molecular formula is C16H15NO3. The molecule has 0 spiro atoms. The van der Waals surface area contributed by atoms with Gasteiger partial charge in [-0.15, -0.1) is 0 Å². The van der Waals surface area contributed by atoms with Crippen molar-refractivity contribution < 1.29 is 14.3 Å². The van der Waals surface area contributed by atoms with Crippen molar-refractivity contribution in [1.29, 1.82) is 0 Å². The first-order chi connectivity index (χ1) is 9.63. The molecule has 0 atom stereocenters. The van der Waals surface area contributed by atoms with Crippen LogP contribution < -0.4 is 0 Å². The number of carbonyl (C=O) groups is 2. The highest BCUT2D eigenvalue weighted by Gasteiger charge is 2.18. The van der Waals surface area contributed by atoms with E-state index in [4.69, 9.17) is 4.74 Å². The van der Waals surface area contributed by atoms with Gasteiger partial charge in [-0.1, -0.05) is 30.8 Å². The molecule has 1 aromatic carbocycles. The molecule has 0 aliphatic heterocycles. The molecule has 4 nitrogen and oxygen atoms in total. The zero-order valence-corrected chi connectivity index (χ0v) is 11.3. The van der Waals surface area contributed by atoms with Crippen molar-refractivity contribution in [2.75, 3.05) is 6.61 Å². The second-order valence-corrected chi connectivity index (χ2v) is 4.29. The fraction of sp³-hybridized carbons (Fsp3) is 0.188. The molecule has 20 heavy (non-hydrogen) atoms. The molecule has 2 aromatic rings. The smallest absolute Gasteiger partial charge is 0.341 e. The van der Waals surface area contributed by atoms with E-state index in [1.807, 2.05) is 30.3 Å². The van der Waals surface area contributed by atoms with Gasteiger partial charge in [-0.2, -0.15) is 0 Å². The van der Waals surface area contributed by atoms with Crippen LogP contribution in [0.5, 0.6) is 0 Å². The Morgan fingerprint density at radius 1 is 1.25 bits per heavy atom. The van der Waals surface area contributed by atoms with Gasteiger partial charge in [0.1, 0.15) is 0 Å². The summed E-state index contributed by atoms with van der Waals surface area (Å²) in [5.74, 6) is -1.01. The molecule has 0 aliphatic carbocycles. The molecule has 0 unspecified atom stereocenters. The van der Waals surface area contributed by atoms with Gasteiger partial charge in [0.2, 0.25) is 0 Å². The quantitative estimate of drug-likeness (QED) is 0.362. The number of hydrogen-bond acceptors (Lipinski definition) is 4. The first-order valence-corrected chi connectivity index (χ1v) is 6.35. The average Bonchev–Trinajstić information content (AvgIpc) is 2.47. The molecule has 0 radical (unpaired) electrons. The number of aromatic nitrogens is 1. The van der Waals surface area contributed by atoms with E-state index in [9.17, 15) is 9.59 Å². The number of esters is 1. The predicted octanol–water partition coefficient (Wildman–Crippen LogP) is 2.47. The largest absolute Gasteiger partial charge is 0.462 e. The van der Waals surface area contributed by atoms with Gasteiger partial charge in [0.15, 0.2) is 5.78 Å². The Labute approximate surface area is 117 Å². The summed E-state index contributed by atoms with van der Waals surface area (Å²) in [6.45, 7) is 5.41. The third-order valence-electron chi connectivity index (χ3n) is 2.93. The normalized spacial score (nSPS) is 10.2. The number of hydrogen-bond donors (Lipinski definition) is 0. The molecule has 0 saturated heterocycles. The topological polar surface area (TPSA) is 56.3 Å². The summed E-state index contributed by atoms with van der Waals surface area (Å²) in [6, 6.07) is 9.38. The van der Waals surface area contributed by atoms with Crippen LogP contribution in [-0.2, 0) is 20.7 Å². The number of ether oxygens (including phenoxy) is 1. The van der Waals surface area contributed by atoms with E-state index in [0.29, 0.717) is 0 Å². The van der Waals surface area contributed by atoms with Crippen LogP contribution >= 0.6 is 0 Å². The van der Waals surface area contributed by atoms with Crippen molar-refractivity contribution in [2.24, 2.45) is 0 Å². The number of carbonyl (C=O) groups excluding carboxylic acids is 2. The van der Waals surface area contributed by atoms with E-state index in [2.05, 4.69) is 11.6 Å². The number of rotatable bonds is 5. The maximum absolute atomic E-state index is 12.0. The molecule has 2 rings (SSSR count). The maximum Gasteiger partial charge on any atom is 0.341 e. The summed E-state index contributed by atoms with van der Waals surface area (Å²) in [4.78, 5) is 27.8. The van der Waals surface area contributed by atoms with Crippen LogP contribution in [0.3, 0.4) is 0 Å². The van der Waals surface area contributed by atoms with Crippen LogP contribution in [0, 0.1) is 0 Å². The second-order valence-electron chi connectivity index (χ2n) is 4.29. The van der Waals surface area contributed by atoms with Crippen LogP contribution in [0.1, 0.15) is 12.5 Å². The molecule has 1 aromatic heterocycles. The molecule has 4 heteroatoms. The Morgan fingerprint density at radius 2 is 2.00 bits per heavy atom. The van der Waals surface area contributed by atoms with Crippen LogP contribution in [0.25, 0.3) is 10.9 Å². The summed E-state index contributed by atoms with van der Waals surface area (Å²) in [5.41, 5.74) is 1.42. The summed E-state index contributed by atoms with van der Waals surface area (Å²) in [5, 5.41) is 0.958. The second kappa shape index (κ2) is 6.10. The van der Waals surface area contributed by atoms with Crippen molar-refractivity contribution in [3.8, 4) is 0 Å². The van der Waals surface area contributed by atoms with Crippen LogP contribution in [0.15, 0.2) is 48.7 Å². The minimum absolute atomic E-state index is 0.0893. The molecule has 102 valence electrons. The molecular weight excluding hydrogens is 254 g/mol. The van der Waals surface area contributed by atoms with Crippen LogP contribution in [0.2, 0.25) is 0 Å². The van der Waals surface area contributed by atoms with E-state index in [1.165, 1.54) is 0 Å². The van der Waals surface area contributed by atoms with Gasteiger partial charge < -0.3 is 4.74 Å². The van der Waals surface area contributed by atoms with Crippen molar-refractivity contribution in [2.45, 2.75) is 13.3 Å². The predicted molar refractivity (Wildman–Crippen MR) is 76.2 cm³/mol. The first-order valence-electron chi connectivity index (χ1n) is 6.35. The molecule has 0 N–H and O–H groups in total. The van der Waals surface area contributed by atoms with Gasteiger partial charge in [0, 0.05) is 18.0 Å². The summed E-state index contributed by atoms with van der Waals surface area (Å²) >= 11 is 0. The Bertz CT molecular complexity index is 671. The van der Waals surface area contributed by atoms with E-state index in [0.717, 1.165) is 16.5 Å². The number of para-hydroxylation sites is 1. The minimum atomic E-state index is -0.661. The first kappa shape index (κ1) is 13.9. The number of ketones is 1. The SMILES string of the molecule is C=C(C(=O)Cc1cccc2cccnc12)C(=O)OCC. The highest BCUT2D eigenvalue weighted by Crippen LogP contribution is 2.17. The van der Waals surface area contributed by atoms with Crippen molar-refractivity contribution in [3.05, 3.63) is 54.2 Å². The molecule has 0 bridgehead atoms. The number of pyridine rings is 1. The fourth-order valence-electron chi connectivity index (χ4n) is 1.92. The maximum atomic E-state index is 12.0. The summed E-state index contributed by atoms with van der Waals surface area (Å²) in [6.07, 6.45) is 1.77. The van der Waals surface area contributed by atoms with Gasteiger partial charge in [-0.05, 0) is 18.6 Å². The Balaban J connectivity index is 2.22. The van der Waals surface area contributed by atoms with Crippen molar-refractivity contribution >= 4 is 22.7 Å². The van der Waals surface area contributed by atoms with Crippen LogP contribution in [-0.4, -0.2) is 23.3 Å². The van der Waals surface area contributed by atoms with E-state index >= 15 is 0 Å². The van der Waals surface area contributed by atoms with Gasteiger partial charge in [0.05, 0.1) is 17.7 Å². The zero-order chi connectivity index (χ0) is 14.5. The van der Waals surface area contributed by atoms with E-state index in [1.54, 1.807) is 13.1 Å². The number of fused-ring (bicyclic) bond motifs is 1. The lowest BCUT2D eigenvalue weighted by molar-refractivity contribution is -0.139. The highest BCUT2D eigenvalue weighted by molar-refractivity contribution is 6.17. The minimum Gasteiger partial charge on any atom is -0.462 e. The third kappa shape index (κ3) is 2.91. The standard InChI is InChI=1S/C16H15NO3/c1-3-20-16(19)11(2)14(18)10-13-7-4-6-12-8-5-9-17-15(12)13/h4-9H,2-3,10H2,1H3. The highest BCUT2D eigenvalue weighted by atomic mass is 16.5. The lowest BCUT2D eigenvalue weighted by atomic mass is 10.0.